The van der Waals surface area contributed by atoms with E-state index in [1.165, 1.54) is 0 Å². The van der Waals surface area contributed by atoms with Crippen molar-refractivity contribution in [1.29, 1.82) is 0 Å². The molecule has 0 aliphatic rings. The van der Waals surface area contributed by atoms with Gasteiger partial charge in [-0.15, -0.1) is 10.2 Å². The van der Waals surface area contributed by atoms with Crippen molar-refractivity contribution in [3.8, 4) is 22.9 Å². The van der Waals surface area contributed by atoms with Crippen LogP contribution in [0, 0.1) is 6.92 Å². The van der Waals surface area contributed by atoms with Crippen LogP contribution in [0.5, 0.6) is 0 Å². The Kier molecular flexibility index (Phi) is 2.76. The molecule has 3 rings (SSSR count). The third kappa shape index (κ3) is 2.20. The van der Waals surface area contributed by atoms with Gasteiger partial charge < -0.3 is 10.2 Å². The normalized spacial score (nSPS) is 10.6. The third-order valence-electron chi connectivity index (χ3n) is 2.93. The van der Waals surface area contributed by atoms with E-state index in [4.69, 9.17) is 10.2 Å². The van der Waals surface area contributed by atoms with Crippen LogP contribution in [-0.2, 0) is 0 Å². The summed E-state index contributed by atoms with van der Waals surface area (Å²) in [6.45, 7) is 2.01. The molecule has 3 aromatic rings. The molecule has 94 valence electrons. The molecule has 1 aromatic heterocycles. The highest BCUT2D eigenvalue weighted by Crippen LogP contribution is 2.26. The highest BCUT2D eigenvalue weighted by molar-refractivity contribution is 5.63. The first-order valence-electron chi connectivity index (χ1n) is 5.99. The lowest BCUT2D eigenvalue weighted by Gasteiger charge is -1.99. The molecule has 19 heavy (non-hydrogen) atoms. The van der Waals surface area contributed by atoms with E-state index in [0.717, 1.165) is 16.7 Å². The Bertz CT molecular complexity index is 719. The van der Waals surface area contributed by atoms with Gasteiger partial charge in [0.1, 0.15) is 0 Å². The van der Waals surface area contributed by atoms with Crippen LogP contribution in [0.15, 0.2) is 52.9 Å². The summed E-state index contributed by atoms with van der Waals surface area (Å²) < 4.78 is 5.71. The van der Waals surface area contributed by atoms with Crippen molar-refractivity contribution in [1.82, 2.24) is 10.2 Å². The molecule has 0 amide bonds. The van der Waals surface area contributed by atoms with E-state index in [1.807, 2.05) is 55.5 Å². The summed E-state index contributed by atoms with van der Waals surface area (Å²) in [5.41, 5.74) is 9.30. The number of aromatic nitrogens is 2. The lowest BCUT2D eigenvalue weighted by molar-refractivity contribution is 0.584. The number of hydrogen-bond acceptors (Lipinski definition) is 4. The summed E-state index contributed by atoms with van der Waals surface area (Å²) in [7, 11) is 0. The molecular weight excluding hydrogens is 238 g/mol. The predicted molar refractivity (Wildman–Crippen MR) is 74.3 cm³/mol. The van der Waals surface area contributed by atoms with Gasteiger partial charge in [0.25, 0.3) is 0 Å². The molecule has 0 radical (unpaired) electrons. The minimum atomic E-state index is 0.477. The van der Waals surface area contributed by atoms with Gasteiger partial charge in [-0.3, -0.25) is 0 Å². The van der Waals surface area contributed by atoms with Crippen molar-refractivity contribution in [3.05, 3.63) is 54.1 Å². The SMILES string of the molecule is Cc1ccccc1-c1nnc(-c2cccc(N)c2)o1. The zero-order chi connectivity index (χ0) is 13.2. The molecule has 0 bridgehead atoms. The topological polar surface area (TPSA) is 64.9 Å². The number of benzene rings is 2. The Morgan fingerprint density at radius 2 is 1.74 bits per heavy atom. The molecule has 0 unspecified atom stereocenters. The molecule has 0 saturated heterocycles. The average molecular weight is 251 g/mol. The number of nitrogens with zero attached hydrogens (tertiary/aromatic N) is 2. The number of hydrogen-bond donors (Lipinski definition) is 1. The minimum absolute atomic E-state index is 0.477. The third-order valence-corrected chi connectivity index (χ3v) is 2.93. The van der Waals surface area contributed by atoms with Crippen LogP contribution in [-0.4, -0.2) is 10.2 Å². The Morgan fingerprint density at radius 3 is 2.53 bits per heavy atom. The van der Waals surface area contributed by atoms with Gasteiger partial charge >= 0.3 is 0 Å². The van der Waals surface area contributed by atoms with Gasteiger partial charge in [-0.1, -0.05) is 24.3 Å². The monoisotopic (exact) mass is 251 g/mol. The number of aryl methyl sites for hydroxylation is 1. The second-order valence-electron chi connectivity index (χ2n) is 4.35. The van der Waals surface area contributed by atoms with Crippen LogP contribution in [0.4, 0.5) is 5.69 Å². The van der Waals surface area contributed by atoms with Crippen molar-refractivity contribution in [3.63, 3.8) is 0 Å². The van der Waals surface area contributed by atoms with E-state index in [2.05, 4.69) is 10.2 Å². The highest BCUT2D eigenvalue weighted by Gasteiger charge is 2.11. The Morgan fingerprint density at radius 1 is 0.947 bits per heavy atom. The van der Waals surface area contributed by atoms with E-state index in [0.29, 0.717) is 17.5 Å². The quantitative estimate of drug-likeness (QED) is 0.710. The van der Waals surface area contributed by atoms with E-state index in [1.54, 1.807) is 0 Å². The summed E-state index contributed by atoms with van der Waals surface area (Å²) >= 11 is 0. The van der Waals surface area contributed by atoms with Gasteiger partial charge in [-0.2, -0.15) is 0 Å². The molecule has 2 N–H and O–H groups in total. The van der Waals surface area contributed by atoms with Crippen LogP contribution in [0.3, 0.4) is 0 Å². The number of rotatable bonds is 2. The van der Waals surface area contributed by atoms with Gasteiger partial charge in [0.05, 0.1) is 0 Å². The largest absolute Gasteiger partial charge is 0.416 e. The summed E-state index contributed by atoms with van der Waals surface area (Å²) in [4.78, 5) is 0. The maximum absolute atomic E-state index is 5.75. The zero-order valence-electron chi connectivity index (χ0n) is 10.5. The van der Waals surface area contributed by atoms with Gasteiger partial charge in [0.15, 0.2) is 0 Å². The van der Waals surface area contributed by atoms with Gasteiger partial charge in [0.2, 0.25) is 11.8 Å². The molecule has 0 atom stereocenters. The van der Waals surface area contributed by atoms with Crippen molar-refractivity contribution >= 4 is 5.69 Å². The minimum Gasteiger partial charge on any atom is -0.416 e. The Balaban J connectivity index is 2.03. The average Bonchev–Trinajstić information content (AvgIpc) is 2.89. The fourth-order valence-corrected chi connectivity index (χ4v) is 1.93. The first kappa shape index (κ1) is 11.5. The smallest absolute Gasteiger partial charge is 0.248 e. The molecule has 0 aliphatic heterocycles. The summed E-state index contributed by atoms with van der Waals surface area (Å²) in [5, 5.41) is 8.17. The first-order valence-corrected chi connectivity index (χ1v) is 5.99. The Labute approximate surface area is 110 Å². The molecule has 0 aliphatic carbocycles. The van der Waals surface area contributed by atoms with E-state index in [9.17, 15) is 0 Å². The fraction of sp³-hybridized carbons (Fsp3) is 0.0667. The second kappa shape index (κ2) is 4.57. The molecule has 2 aromatic carbocycles. The van der Waals surface area contributed by atoms with Crippen LogP contribution in [0.2, 0.25) is 0 Å². The van der Waals surface area contributed by atoms with E-state index in [-0.39, 0.29) is 0 Å². The molecule has 0 fully saturated rings. The Hall–Kier alpha value is -2.62. The van der Waals surface area contributed by atoms with Crippen molar-refractivity contribution < 1.29 is 4.42 Å². The van der Waals surface area contributed by atoms with Gasteiger partial charge in [-0.25, -0.2) is 0 Å². The fourth-order valence-electron chi connectivity index (χ4n) is 1.93. The maximum Gasteiger partial charge on any atom is 0.248 e. The zero-order valence-corrected chi connectivity index (χ0v) is 10.5. The summed E-state index contributed by atoms with van der Waals surface area (Å²) in [6, 6.07) is 15.3. The van der Waals surface area contributed by atoms with Crippen LogP contribution in [0.25, 0.3) is 22.9 Å². The highest BCUT2D eigenvalue weighted by atomic mass is 16.4. The summed E-state index contributed by atoms with van der Waals surface area (Å²) in [6.07, 6.45) is 0. The lowest BCUT2D eigenvalue weighted by Crippen LogP contribution is -1.84. The molecular formula is C15H13N3O. The molecule has 4 nitrogen and oxygen atoms in total. The lowest BCUT2D eigenvalue weighted by atomic mass is 10.1. The number of nitrogens with two attached hydrogens (primary N) is 1. The number of anilines is 1. The standard InChI is InChI=1S/C15H13N3O/c1-10-5-2-3-8-13(10)15-18-17-14(19-15)11-6-4-7-12(16)9-11/h2-9H,16H2,1H3. The first-order chi connectivity index (χ1) is 9.24. The van der Waals surface area contributed by atoms with Crippen molar-refractivity contribution in [2.45, 2.75) is 6.92 Å². The molecule has 0 saturated carbocycles. The molecule has 4 heteroatoms. The van der Waals surface area contributed by atoms with Crippen molar-refractivity contribution in [2.24, 2.45) is 0 Å². The van der Waals surface area contributed by atoms with Crippen LogP contribution >= 0.6 is 0 Å². The van der Waals surface area contributed by atoms with E-state index < -0.39 is 0 Å². The van der Waals surface area contributed by atoms with Crippen LogP contribution in [0.1, 0.15) is 5.56 Å². The van der Waals surface area contributed by atoms with Gasteiger partial charge in [-0.05, 0) is 36.8 Å². The second-order valence-corrected chi connectivity index (χ2v) is 4.35. The van der Waals surface area contributed by atoms with Crippen LogP contribution < -0.4 is 5.73 Å². The number of nitrogen functional groups attached to an aromatic ring is 1. The molecule has 1 heterocycles. The molecule has 0 spiro atoms. The van der Waals surface area contributed by atoms with E-state index >= 15 is 0 Å². The predicted octanol–water partition coefficient (Wildman–Crippen LogP) is 3.29. The van der Waals surface area contributed by atoms with Gasteiger partial charge in [0, 0.05) is 16.8 Å². The summed E-state index contributed by atoms with van der Waals surface area (Å²) in [5.74, 6) is 1.00. The van der Waals surface area contributed by atoms with Crippen molar-refractivity contribution in [2.75, 3.05) is 5.73 Å². The maximum atomic E-state index is 5.75.